The van der Waals surface area contributed by atoms with E-state index >= 15 is 0 Å². The van der Waals surface area contributed by atoms with Crippen molar-refractivity contribution in [3.8, 4) is 11.5 Å². The molecule has 0 radical (unpaired) electrons. The molecule has 0 aromatic heterocycles. The number of rotatable bonds is 3. The van der Waals surface area contributed by atoms with Crippen molar-refractivity contribution < 1.29 is 19.7 Å². The molecule has 0 aliphatic carbocycles. The van der Waals surface area contributed by atoms with Crippen LogP contribution < -0.4 is 0 Å². The van der Waals surface area contributed by atoms with Gasteiger partial charge in [0.15, 0.2) is 0 Å². The van der Waals surface area contributed by atoms with Crippen molar-refractivity contribution in [2.24, 2.45) is 0 Å². The molecule has 0 fully saturated rings. The number of benzene rings is 1. The summed E-state index contributed by atoms with van der Waals surface area (Å²) in [5, 5.41) is 18.9. The number of phenols is 2. The largest absolute Gasteiger partial charge is 0.508 e. The second kappa shape index (κ2) is 5.75. The highest BCUT2D eigenvalue weighted by atomic mass is 16.5. The van der Waals surface area contributed by atoms with E-state index in [9.17, 15) is 15.0 Å². The Morgan fingerprint density at radius 2 is 2.21 bits per heavy atom. The molecular weight excluding hydrogens is 246 g/mol. The summed E-state index contributed by atoms with van der Waals surface area (Å²) in [7, 11) is 1.65. The number of phenolic OH excluding ortho intramolecular Hbond substituents is 2. The third kappa shape index (κ3) is 3.06. The molecule has 0 spiro atoms. The van der Waals surface area contributed by atoms with E-state index in [0.29, 0.717) is 19.7 Å². The van der Waals surface area contributed by atoms with E-state index in [0.717, 1.165) is 6.42 Å². The van der Waals surface area contributed by atoms with Gasteiger partial charge in [0.25, 0.3) is 5.91 Å². The van der Waals surface area contributed by atoms with Gasteiger partial charge in [0.05, 0.1) is 12.2 Å². The monoisotopic (exact) mass is 263 g/mol. The van der Waals surface area contributed by atoms with Crippen LogP contribution in [-0.4, -0.2) is 47.8 Å². The Morgan fingerprint density at radius 1 is 1.42 bits per heavy atom. The van der Waals surface area contributed by atoms with Gasteiger partial charge in [-0.3, -0.25) is 4.79 Å². The van der Waals surface area contributed by atoms with Crippen LogP contribution in [0.25, 0.3) is 0 Å². The van der Waals surface area contributed by atoms with Crippen LogP contribution in [0.4, 0.5) is 0 Å². The molecule has 19 heavy (non-hydrogen) atoms. The molecule has 0 atom stereocenters. The molecule has 1 aromatic carbocycles. The van der Waals surface area contributed by atoms with Crippen molar-refractivity contribution in [2.45, 2.75) is 6.42 Å². The molecule has 2 rings (SSSR count). The fourth-order valence-corrected chi connectivity index (χ4v) is 2.08. The molecule has 0 bridgehead atoms. The Balaban J connectivity index is 2.09. The van der Waals surface area contributed by atoms with Crippen molar-refractivity contribution in [3.63, 3.8) is 0 Å². The molecule has 1 aromatic rings. The molecule has 5 heteroatoms. The third-order valence-corrected chi connectivity index (χ3v) is 3.13. The van der Waals surface area contributed by atoms with E-state index < -0.39 is 0 Å². The smallest absolute Gasteiger partial charge is 0.257 e. The van der Waals surface area contributed by atoms with E-state index in [-0.39, 0.29) is 23.0 Å². The van der Waals surface area contributed by atoms with Gasteiger partial charge in [-0.2, -0.15) is 0 Å². The van der Waals surface area contributed by atoms with Gasteiger partial charge in [0.1, 0.15) is 11.5 Å². The summed E-state index contributed by atoms with van der Waals surface area (Å²) in [5.74, 6) is -0.489. The maximum atomic E-state index is 12.2. The van der Waals surface area contributed by atoms with E-state index in [4.69, 9.17) is 4.74 Å². The zero-order valence-electron chi connectivity index (χ0n) is 10.8. The molecule has 5 nitrogen and oxygen atoms in total. The van der Waals surface area contributed by atoms with Crippen LogP contribution >= 0.6 is 0 Å². The van der Waals surface area contributed by atoms with Crippen molar-refractivity contribution >= 4 is 5.91 Å². The maximum Gasteiger partial charge on any atom is 0.257 e. The first-order chi connectivity index (χ1) is 9.11. The van der Waals surface area contributed by atoms with Gasteiger partial charge in [-0.25, -0.2) is 0 Å². The quantitative estimate of drug-likeness (QED) is 0.811. The molecule has 0 unspecified atom stereocenters. The van der Waals surface area contributed by atoms with Crippen LogP contribution in [0.2, 0.25) is 0 Å². The number of carbonyl (C=O) groups is 1. The molecular formula is C14H17NO4. The summed E-state index contributed by atoms with van der Waals surface area (Å²) in [6.45, 7) is 1.71. The van der Waals surface area contributed by atoms with Gasteiger partial charge < -0.3 is 19.8 Å². The molecule has 0 saturated carbocycles. The first-order valence-electron chi connectivity index (χ1n) is 6.10. The van der Waals surface area contributed by atoms with Gasteiger partial charge in [0.2, 0.25) is 0 Å². The zero-order valence-corrected chi connectivity index (χ0v) is 10.8. The van der Waals surface area contributed by atoms with Crippen LogP contribution in [0.5, 0.6) is 11.5 Å². The Bertz CT molecular complexity index is 510. The molecule has 102 valence electrons. The number of aromatic hydroxyl groups is 2. The van der Waals surface area contributed by atoms with Gasteiger partial charge in [-0.1, -0.05) is 6.08 Å². The summed E-state index contributed by atoms with van der Waals surface area (Å²) in [4.78, 5) is 13.9. The highest BCUT2D eigenvalue weighted by Gasteiger charge is 2.21. The second-order valence-electron chi connectivity index (χ2n) is 4.50. The van der Waals surface area contributed by atoms with E-state index in [2.05, 4.69) is 0 Å². The number of ether oxygens (including phenoxy) is 1. The van der Waals surface area contributed by atoms with Crippen LogP contribution in [0.15, 0.2) is 29.8 Å². The number of nitrogens with zero attached hydrogens (tertiary/aromatic N) is 1. The number of methoxy groups -OCH3 is 1. The fraction of sp³-hybridized carbons (Fsp3) is 0.357. The normalized spacial score (nSPS) is 15.2. The molecule has 1 amide bonds. The van der Waals surface area contributed by atoms with E-state index in [1.165, 1.54) is 23.8 Å². The number of hydrogen-bond donors (Lipinski definition) is 2. The molecule has 2 N–H and O–H groups in total. The van der Waals surface area contributed by atoms with E-state index in [1.54, 1.807) is 12.0 Å². The fourth-order valence-electron chi connectivity index (χ4n) is 2.08. The lowest BCUT2D eigenvalue weighted by Gasteiger charge is -2.26. The summed E-state index contributed by atoms with van der Waals surface area (Å²) in [6, 6.07) is 3.99. The van der Waals surface area contributed by atoms with E-state index in [1.807, 2.05) is 6.08 Å². The summed E-state index contributed by atoms with van der Waals surface area (Å²) >= 11 is 0. The van der Waals surface area contributed by atoms with Gasteiger partial charge in [-0.05, 0) is 24.1 Å². The third-order valence-electron chi connectivity index (χ3n) is 3.13. The van der Waals surface area contributed by atoms with Crippen LogP contribution in [0.1, 0.15) is 16.8 Å². The second-order valence-corrected chi connectivity index (χ2v) is 4.50. The van der Waals surface area contributed by atoms with Crippen LogP contribution in [0.3, 0.4) is 0 Å². The summed E-state index contributed by atoms with van der Waals surface area (Å²) < 4.78 is 5.05. The minimum atomic E-state index is -0.231. The number of carbonyl (C=O) groups excluding carboxylic acids is 1. The zero-order chi connectivity index (χ0) is 13.8. The first-order valence-corrected chi connectivity index (χ1v) is 6.10. The minimum absolute atomic E-state index is 0.0602. The number of amides is 1. The molecule has 1 heterocycles. The predicted octanol–water partition coefficient (Wildman–Crippen LogP) is 1.52. The molecule has 1 aliphatic heterocycles. The maximum absolute atomic E-state index is 12.2. The van der Waals surface area contributed by atoms with Gasteiger partial charge in [-0.15, -0.1) is 0 Å². The Kier molecular flexibility index (Phi) is 4.06. The standard InChI is InChI=1S/C14H17NO4/c1-19-9-10-4-6-15(7-5-10)14(18)12-3-2-11(16)8-13(12)17/h2-4,8,16-17H,5-7,9H2,1H3. The number of hydrogen-bond acceptors (Lipinski definition) is 4. The topological polar surface area (TPSA) is 70.0 Å². The average Bonchev–Trinajstić information content (AvgIpc) is 2.39. The SMILES string of the molecule is COCC1=CCN(C(=O)c2ccc(O)cc2O)CC1. The summed E-state index contributed by atoms with van der Waals surface area (Å²) in [5.41, 5.74) is 1.39. The van der Waals surface area contributed by atoms with Crippen molar-refractivity contribution in [3.05, 3.63) is 35.4 Å². The van der Waals surface area contributed by atoms with Gasteiger partial charge in [0, 0.05) is 26.3 Å². The average molecular weight is 263 g/mol. The Morgan fingerprint density at radius 3 is 2.79 bits per heavy atom. The first kappa shape index (κ1) is 13.4. The van der Waals surface area contributed by atoms with Crippen molar-refractivity contribution in [1.82, 2.24) is 4.90 Å². The highest BCUT2D eigenvalue weighted by Crippen LogP contribution is 2.24. The Labute approximate surface area is 111 Å². The lowest BCUT2D eigenvalue weighted by molar-refractivity contribution is 0.0762. The molecule has 0 saturated heterocycles. The Hall–Kier alpha value is -2.01. The predicted molar refractivity (Wildman–Crippen MR) is 70.3 cm³/mol. The van der Waals surface area contributed by atoms with Gasteiger partial charge >= 0.3 is 0 Å². The lowest BCUT2D eigenvalue weighted by atomic mass is 10.1. The lowest BCUT2D eigenvalue weighted by Crippen LogP contribution is -2.35. The minimum Gasteiger partial charge on any atom is -0.508 e. The van der Waals surface area contributed by atoms with Crippen LogP contribution in [0, 0.1) is 0 Å². The van der Waals surface area contributed by atoms with Crippen LogP contribution in [-0.2, 0) is 4.74 Å². The van der Waals surface area contributed by atoms with Crippen molar-refractivity contribution in [1.29, 1.82) is 0 Å². The highest BCUT2D eigenvalue weighted by molar-refractivity contribution is 5.97. The molecule has 1 aliphatic rings. The summed E-state index contributed by atoms with van der Waals surface area (Å²) in [6.07, 6.45) is 2.75. The van der Waals surface area contributed by atoms with Crippen molar-refractivity contribution in [2.75, 3.05) is 26.8 Å².